The van der Waals surface area contributed by atoms with Gasteiger partial charge < -0.3 is 10.1 Å². The van der Waals surface area contributed by atoms with Crippen molar-refractivity contribution in [1.82, 2.24) is 9.97 Å². The van der Waals surface area contributed by atoms with E-state index in [4.69, 9.17) is 4.74 Å². The van der Waals surface area contributed by atoms with Crippen LogP contribution in [-0.4, -0.2) is 9.97 Å². The van der Waals surface area contributed by atoms with E-state index in [1.807, 2.05) is 55.6 Å². The molecule has 4 nitrogen and oxygen atoms in total. The number of benzene rings is 1. The summed E-state index contributed by atoms with van der Waals surface area (Å²) in [5.74, 6) is 0.637. The Balaban J connectivity index is 1.57. The van der Waals surface area contributed by atoms with Crippen LogP contribution in [-0.2, 0) is 13.2 Å². The van der Waals surface area contributed by atoms with Crippen LogP contribution in [0, 0.1) is 6.92 Å². The molecule has 1 N–H and O–H groups in total. The van der Waals surface area contributed by atoms with Gasteiger partial charge >= 0.3 is 0 Å². The molecule has 0 saturated heterocycles. The molecule has 5 heteroatoms. The Morgan fingerprint density at radius 2 is 1.95 bits per heavy atom. The molecule has 0 radical (unpaired) electrons. The number of nitrogens with one attached hydrogen (secondary N) is 1. The van der Waals surface area contributed by atoms with Gasteiger partial charge in [-0.3, -0.25) is 0 Å². The largest absolute Gasteiger partial charge is 0.473 e. The van der Waals surface area contributed by atoms with Gasteiger partial charge in [0.05, 0.1) is 0 Å². The summed E-state index contributed by atoms with van der Waals surface area (Å²) in [5, 5.41) is 4.24. The number of nitrogens with zero attached hydrogens (tertiary/aromatic N) is 2. The Morgan fingerprint density at radius 1 is 1.09 bits per heavy atom. The molecule has 0 amide bonds. The Bertz CT molecular complexity index is 728. The Labute approximate surface area is 133 Å². The van der Waals surface area contributed by atoms with Crippen LogP contribution in [0.5, 0.6) is 5.88 Å². The van der Waals surface area contributed by atoms with E-state index in [0.29, 0.717) is 19.0 Å². The number of rotatable bonds is 6. The van der Waals surface area contributed by atoms with Crippen molar-refractivity contribution in [3.63, 3.8) is 0 Å². The lowest BCUT2D eigenvalue weighted by Crippen LogP contribution is -2.01. The number of hydrogen-bond acceptors (Lipinski definition) is 5. The third-order valence-corrected chi connectivity index (χ3v) is 3.96. The normalized spacial score (nSPS) is 10.4. The second kappa shape index (κ2) is 7.04. The van der Waals surface area contributed by atoms with Gasteiger partial charge in [-0.2, -0.15) is 0 Å². The van der Waals surface area contributed by atoms with Gasteiger partial charge in [0.1, 0.15) is 6.61 Å². The van der Waals surface area contributed by atoms with Crippen molar-refractivity contribution in [2.45, 2.75) is 20.1 Å². The maximum absolute atomic E-state index is 5.74. The van der Waals surface area contributed by atoms with E-state index in [2.05, 4.69) is 15.3 Å². The van der Waals surface area contributed by atoms with Crippen LogP contribution < -0.4 is 10.1 Å². The first-order chi connectivity index (χ1) is 10.8. The summed E-state index contributed by atoms with van der Waals surface area (Å²) in [6.07, 6.45) is 3.64. The number of aromatic nitrogens is 2. The second-order valence-electron chi connectivity index (χ2n) is 4.91. The first kappa shape index (κ1) is 14.5. The zero-order chi connectivity index (χ0) is 15.2. The van der Waals surface area contributed by atoms with Gasteiger partial charge in [0.25, 0.3) is 0 Å². The summed E-state index contributed by atoms with van der Waals surface area (Å²) in [7, 11) is 0. The van der Waals surface area contributed by atoms with Gasteiger partial charge in [-0.15, -0.1) is 11.3 Å². The summed E-state index contributed by atoms with van der Waals surface area (Å²) >= 11 is 1.65. The molecular formula is C17H17N3OS. The van der Waals surface area contributed by atoms with Gasteiger partial charge in [0.15, 0.2) is 5.13 Å². The van der Waals surface area contributed by atoms with Crippen molar-refractivity contribution in [3.05, 3.63) is 70.9 Å². The van der Waals surface area contributed by atoms with Crippen molar-refractivity contribution >= 4 is 16.5 Å². The maximum atomic E-state index is 5.74. The van der Waals surface area contributed by atoms with Crippen molar-refractivity contribution in [3.8, 4) is 5.88 Å². The molecule has 3 aromatic rings. The highest BCUT2D eigenvalue weighted by atomic mass is 32.1. The molecule has 0 aliphatic heterocycles. The summed E-state index contributed by atoms with van der Waals surface area (Å²) in [4.78, 5) is 9.74. The van der Waals surface area contributed by atoms with Crippen LogP contribution >= 0.6 is 11.3 Å². The molecular weight excluding hydrogens is 294 g/mol. The van der Waals surface area contributed by atoms with E-state index >= 15 is 0 Å². The van der Waals surface area contributed by atoms with E-state index in [1.54, 1.807) is 17.5 Å². The van der Waals surface area contributed by atoms with Crippen LogP contribution in [0.4, 0.5) is 5.13 Å². The molecule has 3 rings (SSSR count). The van der Waals surface area contributed by atoms with Gasteiger partial charge in [0.2, 0.25) is 5.88 Å². The third kappa shape index (κ3) is 4.05. The van der Waals surface area contributed by atoms with Crippen LogP contribution in [0.1, 0.15) is 16.0 Å². The number of ether oxygens (including phenoxy) is 1. The highest BCUT2D eigenvalue weighted by Gasteiger charge is 2.02. The van der Waals surface area contributed by atoms with E-state index < -0.39 is 0 Å². The molecule has 0 saturated carbocycles. The SMILES string of the molecule is Cc1cnc(NCc2ccnc(OCc3ccccc3)c2)s1. The molecule has 0 aliphatic carbocycles. The molecule has 0 fully saturated rings. The molecule has 2 aromatic heterocycles. The molecule has 0 spiro atoms. The third-order valence-electron chi connectivity index (χ3n) is 3.09. The van der Waals surface area contributed by atoms with Gasteiger partial charge in [0, 0.05) is 29.9 Å². The van der Waals surface area contributed by atoms with Gasteiger partial charge in [-0.25, -0.2) is 9.97 Å². The molecule has 0 bridgehead atoms. The standard InChI is InChI=1S/C17H17N3OS/c1-13-10-19-17(22-13)20-11-15-7-8-18-16(9-15)21-12-14-5-3-2-4-6-14/h2-10H,11-12H2,1H3,(H,19,20). The fraction of sp³-hybridized carbons (Fsp3) is 0.176. The number of pyridine rings is 1. The Kier molecular flexibility index (Phi) is 4.65. The number of thiazole rings is 1. The summed E-state index contributed by atoms with van der Waals surface area (Å²) in [6.45, 7) is 3.28. The molecule has 112 valence electrons. The number of anilines is 1. The lowest BCUT2D eigenvalue weighted by Gasteiger charge is -2.07. The van der Waals surface area contributed by atoms with Crippen molar-refractivity contribution in [1.29, 1.82) is 0 Å². The molecule has 0 atom stereocenters. The summed E-state index contributed by atoms with van der Waals surface area (Å²) < 4.78 is 5.74. The van der Waals surface area contributed by atoms with E-state index in [9.17, 15) is 0 Å². The first-order valence-electron chi connectivity index (χ1n) is 7.07. The molecule has 1 aromatic carbocycles. The van der Waals surface area contributed by atoms with Gasteiger partial charge in [-0.1, -0.05) is 30.3 Å². The molecule has 22 heavy (non-hydrogen) atoms. The minimum absolute atomic E-state index is 0.524. The maximum Gasteiger partial charge on any atom is 0.213 e. The van der Waals surface area contributed by atoms with Crippen molar-refractivity contribution < 1.29 is 4.74 Å². The van der Waals surface area contributed by atoms with Crippen LogP contribution in [0.3, 0.4) is 0 Å². The number of aryl methyl sites for hydroxylation is 1. The summed E-state index contributed by atoms with van der Waals surface area (Å²) in [6, 6.07) is 14.0. The topological polar surface area (TPSA) is 47.0 Å². The van der Waals surface area contributed by atoms with E-state index in [1.165, 1.54) is 4.88 Å². The van der Waals surface area contributed by atoms with Crippen molar-refractivity contribution in [2.24, 2.45) is 0 Å². The highest BCUT2D eigenvalue weighted by Crippen LogP contribution is 2.18. The van der Waals surface area contributed by atoms with E-state index in [0.717, 1.165) is 16.3 Å². The molecule has 2 heterocycles. The van der Waals surface area contributed by atoms with E-state index in [-0.39, 0.29) is 0 Å². The zero-order valence-corrected chi connectivity index (χ0v) is 13.1. The van der Waals surface area contributed by atoms with Crippen LogP contribution in [0.25, 0.3) is 0 Å². The molecule has 0 aliphatic rings. The fourth-order valence-corrected chi connectivity index (χ4v) is 2.65. The predicted octanol–water partition coefficient (Wildman–Crippen LogP) is 4.04. The predicted molar refractivity (Wildman–Crippen MR) is 89.2 cm³/mol. The van der Waals surface area contributed by atoms with Gasteiger partial charge in [-0.05, 0) is 24.1 Å². The highest BCUT2D eigenvalue weighted by molar-refractivity contribution is 7.15. The monoisotopic (exact) mass is 311 g/mol. The van der Waals surface area contributed by atoms with Crippen LogP contribution in [0.15, 0.2) is 54.9 Å². The minimum atomic E-state index is 0.524. The lowest BCUT2D eigenvalue weighted by molar-refractivity contribution is 0.293. The van der Waals surface area contributed by atoms with Crippen molar-refractivity contribution in [2.75, 3.05) is 5.32 Å². The average molecular weight is 311 g/mol. The fourth-order valence-electron chi connectivity index (χ4n) is 1.98. The lowest BCUT2D eigenvalue weighted by atomic mass is 10.2. The minimum Gasteiger partial charge on any atom is -0.473 e. The Hall–Kier alpha value is -2.40. The van der Waals surface area contributed by atoms with Crippen LogP contribution in [0.2, 0.25) is 0 Å². The first-order valence-corrected chi connectivity index (χ1v) is 7.89. The average Bonchev–Trinajstić information content (AvgIpc) is 2.98. The number of hydrogen-bond donors (Lipinski definition) is 1. The zero-order valence-electron chi connectivity index (χ0n) is 12.3. The smallest absolute Gasteiger partial charge is 0.213 e. The quantitative estimate of drug-likeness (QED) is 0.746. The summed E-state index contributed by atoms with van der Waals surface area (Å²) in [5.41, 5.74) is 2.25. The molecule has 0 unspecified atom stereocenters. The second-order valence-corrected chi connectivity index (χ2v) is 6.14. The Morgan fingerprint density at radius 3 is 2.73 bits per heavy atom.